The van der Waals surface area contributed by atoms with Crippen LogP contribution in [0.25, 0.3) is 11.1 Å². The molecule has 0 bridgehead atoms. The first-order valence-corrected chi connectivity index (χ1v) is 5.90. The van der Waals surface area contributed by atoms with Crippen LogP contribution in [0.3, 0.4) is 0 Å². The van der Waals surface area contributed by atoms with Gasteiger partial charge < -0.3 is 15.8 Å². The Morgan fingerprint density at radius 1 is 1.00 bits per heavy atom. The second kappa shape index (κ2) is 5.69. The smallest absolute Gasteiger partial charge is 0.421 e. The van der Waals surface area contributed by atoms with Gasteiger partial charge in [0.2, 0.25) is 5.91 Å². The number of hydrogen-bond acceptors (Lipinski definition) is 4. The van der Waals surface area contributed by atoms with Gasteiger partial charge in [-0.05, 0) is 23.3 Å². The van der Waals surface area contributed by atoms with Crippen molar-refractivity contribution in [3.63, 3.8) is 0 Å². The lowest BCUT2D eigenvalue weighted by Crippen LogP contribution is -2.26. The van der Waals surface area contributed by atoms with Crippen LogP contribution in [-0.4, -0.2) is 28.8 Å². The number of benzene rings is 2. The van der Waals surface area contributed by atoms with E-state index in [1.807, 2.05) is 0 Å². The first-order chi connectivity index (χ1) is 9.50. The predicted octanol–water partition coefficient (Wildman–Crippen LogP) is 0.647. The standard InChI is InChI=1S/C14H12BNO4/c16-14(18)10-5-3-4-9(8-10)11-6-1-2-7-12(11)13(17)15(19)20/h1-8,19-20H,(H2,16,18). The molecule has 0 radical (unpaired) electrons. The lowest BCUT2D eigenvalue weighted by atomic mass is 9.77. The third kappa shape index (κ3) is 2.76. The van der Waals surface area contributed by atoms with Crippen molar-refractivity contribution in [1.29, 1.82) is 0 Å². The van der Waals surface area contributed by atoms with Crippen molar-refractivity contribution < 1.29 is 19.6 Å². The second-order valence-corrected chi connectivity index (χ2v) is 4.23. The van der Waals surface area contributed by atoms with Crippen molar-refractivity contribution in [3.05, 3.63) is 59.7 Å². The van der Waals surface area contributed by atoms with E-state index in [1.165, 1.54) is 6.07 Å². The molecule has 0 heterocycles. The van der Waals surface area contributed by atoms with Crippen molar-refractivity contribution in [2.45, 2.75) is 0 Å². The van der Waals surface area contributed by atoms with Gasteiger partial charge in [-0.15, -0.1) is 0 Å². The van der Waals surface area contributed by atoms with Crippen molar-refractivity contribution in [2.24, 2.45) is 5.73 Å². The first-order valence-electron chi connectivity index (χ1n) is 5.90. The van der Waals surface area contributed by atoms with Gasteiger partial charge in [0.05, 0.1) is 0 Å². The van der Waals surface area contributed by atoms with Gasteiger partial charge in [-0.1, -0.05) is 36.4 Å². The molecule has 0 aliphatic heterocycles. The van der Waals surface area contributed by atoms with Crippen LogP contribution < -0.4 is 5.73 Å². The molecule has 20 heavy (non-hydrogen) atoms. The third-order valence-corrected chi connectivity index (χ3v) is 2.89. The van der Waals surface area contributed by atoms with Crippen LogP contribution in [0.2, 0.25) is 0 Å². The highest BCUT2D eigenvalue weighted by molar-refractivity contribution is 6.82. The average Bonchev–Trinajstić information content (AvgIpc) is 2.46. The Balaban J connectivity index is 2.56. The molecule has 2 rings (SSSR count). The van der Waals surface area contributed by atoms with Crippen molar-refractivity contribution in [1.82, 2.24) is 0 Å². The average molecular weight is 269 g/mol. The molecule has 0 spiro atoms. The molecule has 0 fully saturated rings. The quantitative estimate of drug-likeness (QED) is 0.709. The van der Waals surface area contributed by atoms with Gasteiger partial charge in [-0.3, -0.25) is 9.59 Å². The van der Waals surface area contributed by atoms with Crippen molar-refractivity contribution in [3.8, 4) is 11.1 Å². The molecule has 100 valence electrons. The van der Waals surface area contributed by atoms with E-state index in [9.17, 15) is 9.59 Å². The van der Waals surface area contributed by atoms with E-state index in [0.29, 0.717) is 16.7 Å². The summed E-state index contributed by atoms with van der Waals surface area (Å²) in [7, 11) is -2.07. The molecule has 0 saturated carbocycles. The topological polar surface area (TPSA) is 101 Å². The fraction of sp³-hybridized carbons (Fsp3) is 0. The van der Waals surface area contributed by atoms with E-state index in [1.54, 1.807) is 42.5 Å². The summed E-state index contributed by atoms with van der Waals surface area (Å²) in [6.45, 7) is 0. The van der Waals surface area contributed by atoms with Gasteiger partial charge >= 0.3 is 7.12 Å². The molecular weight excluding hydrogens is 257 g/mol. The van der Waals surface area contributed by atoms with Crippen molar-refractivity contribution in [2.75, 3.05) is 0 Å². The molecule has 0 atom stereocenters. The number of carbonyl (C=O) groups excluding carboxylic acids is 2. The second-order valence-electron chi connectivity index (χ2n) is 4.23. The van der Waals surface area contributed by atoms with Crippen LogP contribution in [0, 0.1) is 0 Å². The van der Waals surface area contributed by atoms with Crippen LogP contribution in [0.15, 0.2) is 48.5 Å². The Hall–Kier alpha value is -2.44. The fourth-order valence-corrected chi connectivity index (χ4v) is 1.93. The van der Waals surface area contributed by atoms with Crippen LogP contribution in [0.5, 0.6) is 0 Å². The molecule has 5 nitrogen and oxygen atoms in total. The lowest BCUT2D eigenvalue weighted by Gasteiger charge is -2.09. The molecule has 0 saturated heterocycles. The normalized spacial score (nSPS) is 10.1. The summed E-state index contributed by atoms with van der Waals surface area (Å²) >= 11 is 0. The lowest BCUT2D eigenvalue weighted by molar-refractivity contribution is 0.0999. The van der Waals surface area contributed by atoms with E-state index < -0.39 is 18.7 Å². The highest BCUT2D eigenvalue weighted by Gasteiger charge is 2.24. The zero-order valence-corrected chi connectivity index (χ0v) is 10.5. The number of nitrogens with two attached hydrogens (primary N) is 1. The summed E-state index contributed by atoms with van der Waals surface area (Å²) < 4.78 is 0. The summed E-state index contributed by atoms with van der Waals surface area (Å²) in [6.07, 6.45) is 0. The maximum absolute atomic E-state index is 11.8. The van der Waals surface area contributed by atoms with Gasteiger partial charge in [0.25, 0.3) is 0 Å². The highest BCUT2D eigenvalue weighted by atomic mass is 16.4. The van der Waals surface area contributed by atoms with Gasteiger partial charge in [-0.2, -0.15) is 0 Å². The van der Waals surface area contributed by atoms with Gasteiger partial charge in [0.15, 0.2) is 5.68 Å². The summed E-state index contributed by atoms with van der Waals surface area (Å²) in [6, 6.07) is 13.0. The molecule has 2 aromatic carbocycles. The molecule has 0 aliphatic carbocycles. The minimum absolute atomic E-state index is 0.170. The van der Waals surface area contributed by atoms with Crippen LogP contribution in [-0.2, 0) is 0 Å². The minimum atomic E-state index is -2.07. The number of amides is 1. The van der Waals surface area contributed by atoms with Crippen molar-refractivity contribution >= 4 is 18.7 Å². The van der Waals surface area contributed by atoms with Gasteiger partial charge in [-0.25, -0.2) is 0 Å². The maximum atomic E-state index is 11.8. The molecule has 0 aliphatic rings. The Morgan fingerprint density at radius 3 is 2.35 bits per heavy atom. The molecule has 4 N–H and O–H groups in total. The van der Waals surface area contributed by atoms with E-state index in [0.717, 1.165) is 0 Å². The number of rotatable bonds is 4. The zero-order chi connectivity index (χ0) is 14.7. The van der Waals surface area contributed by atoms with E-state index in [2.05, 4.69) is 0 Å². The summed E-state index contributed by atoms with van der Waals surface area (Å²) in [5, 5.41) is 18.0. The Morgan fingerprint density at radius 2 is 1.70 bits per heavy atom. The molecule has 6 heteroatoms. The summed E-state index contributed by atoms with van der Waals surface area (Å²) in [4.78, 5) is 23.0. The third-order valence-electron chi connectivity index (χ3n) is 2.89. The molecule has 0 unspecified atom stereocenters. The molecule has 0 aromatic heterocycles. The predicted molar refractivity (Wildman–Crippen MR) is 74.9 cm³/mol. The van der Waals surface area contributed by atoms with Crippen LogP contribution >= 0.6 is 0 Å². The largest absolute Gasteiger partial charge is 0.532 e. The van der Waals surface area contributed by atoms with Gasteiger partial charge in [0.1, 0.15) is 0 Å². The van der Waals surface area contributed by atoms with Gasteiger partial charge in [0, 0.05) is 11.1 Å². The Bertz CT molecular complexity index is 670. The number of primary amides is 1. The number of hydrogen-bond donors (Lipinski definition) is 3. The summed E-state index contributed by atoms with van der Waals surface area (Å²) in [5.74, 6) is -0.571. The SMILES string of the molecule is NC(=O)c1cccc(-c2ccccc2C(=O)B(O)O)c1. The first kappa shape index (κ1) is 14.0. The Kier molecular flexibility index (Phi) is 3.98. The van der Waals surface area contributed by atoms with E-state index in [4.69, 9.17) is 15.8 Å². The molecule has 1 amide bonds. The minimum Gasteiger partial charge on any atom is -0.421 e. The van der Waals surface area contributed by atoms with Crippen LogP contribution in [0.1, 0.15) is 20.7 Å². The van der Waals surface area contributed by atoms with Crippen LogP contribution in [0.4, 0.5) is 0 Å². The maximum Gasteiger partial charge on any atom is 0.532 e. The Labute approximate surface area is 115 Å². The monoisotopic (exact) mass is 269 g/mol. The van der Waals surface area contributed by atoms with E-state index in [-0.39, 0.29) is 5.56 Å². The molecule has 2 aromatic rings. The molecular formula is C14H12BNO4. The highest BCUT2D eigenvalue weighted by Crippen LogP contribution is 2.25. The zero-order valence-electron chi connectivity index (χ0n) is 10.5. The fourth-order valence-electron chi connectivity index (χ4n) is 1.93. The number of carbonyl (C=O) groups is 2. The van der Waals surface area contributed by atoms with E-state index >= 15 is 0 Å². The summed E-state index contributed by atoms with van der Waals surface area (Å²) in [5.41, 5.74) is 6.02.